The summed E-state index contributed by atoms with van der Waals surface area (Å²) in [7, 11) is 1.58. The number of carboxylic acid groups (broad SMARTS) is 1. The van der Waals surface area contributed by atoms with E-state index >= 15 is 0 Å². The summed E-state index contributed by atoms with van der Waals surface area (Å²) in [6, 6.07) is 12.6. The van der Waals surface area contributed by atoms with Crippen molar-refractivity contribution in [1.29, 1.82) is 5.26 Å². The van der Waals surface area contributed by atoms with Crippen molar-refractivity contribution in [3.8, 4) is 6.07 Å². The third kappa shape index (κ3) is 6.87. The molecule has 11 nitrogen and oxygen atoms in total. The number of H-pyrrole nitrogens is 1. The Labute approximate surface area is 200 Å². The predicted molar refractivity (Wildman–Crippen MR) is 127 cm³/mol. The van der Waals surface area contributed by atoms with Gasteiger partial charge in [-0.15, -0.1) is 0 Å². The lowest BCUT2D eigenvalue weighted by atomic mass is 10.1. The first-order chi connectivity index (χ1) is 16.9. The molecule has 0 saturated carbocycles. The summed E-state index contributed by atoms with van der Waals surface area (Å²) in [5.74, 6) is -2.23. The van der Waals surface area contributed by atoms with Crippen LogP contribution >= 0.6 is 0 Å². The van der Waals surface area contributed by atoms with Gasteiger partial charge in [0.15, 0.2) is 0 Å². The van der Waals surface area contributed by atoms with Gasteiger partial charge in [-0.1, -0.05) is 12.1 Å². The Morgan fingerprint density at radius 2 is 1.77 bits per heavy atom. The summed E-state index contributed by atoms with van der Waals surface area (Å²) < 4.78 is 15.4. The Morgan fingerprint density at radius 1 is 1.00 bits per heavy atom. The van der Waals surface area contributed by atoms with Crippen molar-refractivity contribution in [1.82, 2.24) is 4.98 Å². The Kier molecular flexibility index (Phi) is 8.91. The van der Waals surface area contributed by atoms with Gasteiger partial charge < -0.3 is 34.9 Å². The number of amides is 2. The predicted octanol–water partition coefficient (Wildman–Crippen LogP) is 2.61. The van der Waals surface area contributed by atoms with Crippen molar-refractivity contribution in [2.75, 3.05) is 50.8 Å². The van der Waals surface area contributed by atoms with Gasteiger partial charge in [-0.05, 0) is 30.3 Å². The van der Waals surface area contributed by atoms with Crippen molar-refractivity contribution < 1.29 is 33.7 Å². The number of aromatic amines is 1. The lowest BCUT2D eigenvalue weighted by Crippen LogP contribution is -2.20. The van der Waals surface area contributed by atoms with Gasteiger partial charge in [0, 0.05) is 12.5 Å². The Morgan fingerprint density at radius 3 is 2.51 bits per heavy atom. The summed E-state index contributed by atoms with van der Waals surface area (Å²) >= 11 is 0. The Hall–Kier alpha value is -4.24. The summed E-state index contributed by atoms with van der Waals surface area (Å²) in [6.45, 7) is 1.34. The van der Waals surface area contributed by atoms with Crippen LogP contribution in [0.15, 0.2) is 42.5 Å². The maximum Gasteiger partial charge on any atom is 0.337 e. The van der Waals surface area contributed by atoms with E-state index < -0.39 is 11.9 Å². The van der Waals surface area contributed by atoms with E-state index in [9.17, 15) is 19.5 Å². The zero-order chi connectivity index (χ0) is 25.2. The molecule has 0 saturated heterocycles. The van der Waals surface area contributed by atoms with Crippen LogP contribution in [0.5, 0.6) is 0 Å². The molecule has 11 heteroatoms. The topological polar surface area (TPSA) is 163 Å². The average molecular weight is 480 g/mol. The normalized spacial score (nSPS) is 10.6. The highest BCUT2D eigenvalue weighted by Gasteiger charge is 2.17. The van der Waals surface area contributed by atoms with Crippen LogP contribution in [-0.2, 0) is 19.0 Å². The number of nitrogens with zero attached hydrogens (tertiary/aromatic N) is 1. The number of aromatic carboxylic acids is 1. The summed E-state index contributed by atoms with van der Waals surface area (Å²) in [4.78, 5) is 39.5. The lowest BCUT2D eigenvalue weighted by molar-refractivity contribution is -0.121. The number of carboxylic acids is 1. The highest BCUT2D eigenvalue weighted by molar-refractivity contribution is 6.10. The number of nitrogens with one attached hydrogen (secondary N) is 3. The van der Waals surface area contributed by atoms with Gasteiger partial charge in [0.05, 0.1) is 60.5 Å². The number of benzene rings is 2. The summed E-state index contributed by atoms with van der Waals surface area (Å²) in [5, 5.41) is 24.3. The molecule has 1 aromatic heterocycles. The molecule has 182 valence electrons. The van der Waals surface area contributed by atoms with E-state index in [1.807, 2.05) is 6.07 Å². The minimum atomic E-state index is -1.28. The molecule has 0 radical (unpaired) electrons. The van der Waals surface area contributed by atoms with Gasteiger partial charge in [0.1, 0.15) is 12.3 Å². The van der Waals surface area contributed by atoms with E-state index in [0.29, 0.717) is 36.4 Å². The van der Waals surface area contributed by atoms with E-state index in [1.165, 1.54) is 18.2 Å². The highest BCUT2D eigenvalue weighted by Crippen LogP contribution is 2.25. The number of methoxy groups -OCH3 is 1. The number of ether oxygens (including phenoxy) is 3. The smallest absolute Gasteiger partial charge is 0.337 e. The second-order valence-electron chi connectivity index (χ2n) is 7.29. The number of fused-ring (bicyclic) bond motifs is 1. The van der Waals surface area contributed by atoms with Crippen LogP contribution in [-0.4, -0.2) is 68.0 Å². The minimum absolute atomic E-state index is 0.0528. The van der Waals surface area contributed by atoms with Gasteiger partial charge in [0.25, 0.3) is 5.91 Å². The molecule has 0 aliphatic rings. The number of anilines is 2. The first kappa shape index (κ1) is 25.4. The molecule has 2 aromatic carbocycles. The fourth-order valence-corrected chi connectivity index (χ4v) is 3.19. The van der Waals surface area contributed by atoms with Gasteiger partial charge in [-0.25, -0.2) is 4.79 Å². The summed E-state index contributed by atoms with van der Waals surface area (Å²) in [6.07, 6.45) is 0. The zero-order valence-corrected chi connectivity index (χ0v) is 18.9. The number of carbonyl (C=O) groups is 3. The van der Waals surface area contributed by atoms with Crippen molar-refractivity contribution in [2.24, 2.45) is 0 Å². The molecule has 3 rings (SSSR count). The largest absolute Gasteiger partial charge is 0.478 e. The van der Waals surface area contributed by atoms with Crippen LogP contribution in [0.1, 0.15) is 26.4 Å². The van der Waals surface area contributed by atoms with Crippen LogP contribution in [0.3, 0.4) is 0 Å². The second kappa shape index (κ2) is 12.3. The van der Waals surface area contributed by atoms with E-state index in [2.05, 4.69) is 15.6 Å². The van der Waals surface area contributed by atoms with Gasteiger partial charge in [-0.2, -0.15) is 5.26 Å². The molecular formula is C24H24N4O7. The fourth-order valence-electron chi connectivity index (χ4n) is 3.19. The molecule has 0 unspecified atom stereocenters. The average Bonchev–Trinajstić information content (AvgIpc) is 3.29. The first-order valence-electron chi connectivity index (χ1n) is 10.6. The van der Waals surface area contributed by atoms with Crippen LogP contribution in [0.4, 0.5) is 11.4 Å². The lowest BCUT2D eigenvalue weighted by Gasteiger charge is -2.08. The highest BCUT2D eigenvalue weighted by atomic mass is 16.5. The van der Waals surface area contributed by atoms with E-state index in [1.54, 1.807) is 31.4 Å². The Bertz CT molecular complexity index is 1260. The van der Waals surface area contributed by atoms with E-state index in [0.717, 1.165) is 0 Å². The van der Waals surface area contributed by atoms with Crippen molar-refractivity contribution in [3.05, 3.63) is 59.3 Å². The third-order valence-electron chi connectivity index (χ3n) is 4.84. The number of rotatable bonds is 12. The molecule has 35 heavy (non-hydrogen) atoms. The number of para-hydroxylation sites is 1. The van der Waals surface area contributed by atoms with Crippen LogP contribution in [0.2, 0.25) is 0 Å². The SMILES string of the molecule is COCCOCCOCC(=O)Nc1cccc2cc(C(=O)Nc3ccc(C#N)cc3C(=O)O)[nH]c12. The maximum absolute atomic E-state index is 12.8. The number of hydrogen-bond donors (Lipinski definition) is 4. The minimum Gasteiger partial charge on any atom is -0.478 e. The van der Waals surface area contributed by atoms with Crippen molar-refractivity contribution in [3.63, 3.8) is 0 Å². The summed E-state index contributed by atoms with van der Waals surface area (Å²) in [5.41, 5.74) is 1.15. The van der Waals surface area contributed by atoms with E-state index in [4.69, 9.17) is 19.5 Å². The van der Waals surface area contributed by atoms with Crippen LogP contribution < -0.4 is 10.6 Å². The quantitative estimate of drug-likeness (QED) is 0.287. The third-order valence-corrected chi connectivity index (χ3v) is 4.84. The standard InChI is InChI=1S/C24H24N4O7/c1-33-7-8-34-9-10-35-14-21(29)26-19-4-2-3-16-12-20(27-22(16)19)23(30)28-18-6-5-15(13-25)11-17(18)24(31)32/h2-6,11-12,27H,7-10,14H2,1H3,(H,26,29)(H,28,30)(H,31,32). The molecule has 0 aliphatic heterocycles. The zero-order valence-electron chi connectivity index (χ0n) is 18.9. The molecule has 1 heterocycles. The molecule has 3 aromatic rings. The maximum atomic E-state index is 12.8. The molecule has 0 aliphatic carbocycles. The molecule has 0 fully saturated rings. The molecule has 4 N–H and O–H groups in total. The number of hydrogen-bond acceptors (Lipinski definition) is 7. The molecule has 0 bridgehead atoms. The molecule has 0 atom stereocenters. The Balaban J connectivity index is 1.65. The van der Waals surface area contributed by atoms with Gasteiger partial charge in [-0.3, -0.25) is 9.59 Å². The van der Waals surface area contributed by atoms with E-state index in [-0.39, 0.29) is 41.6 Å². The number of nitriles is 1. The van der Waals surface area contributed by atoms with Crippen LogP contribution in [0.25, 0.3) is 10.9 Å². The van der Waals surface area contributed by atoms with Crippen LogP contribution in [0, 0.1) is 11.3 Å². The fraction of sp³-hybridized carbons (Fsp3) is 0.250. The van der Waals surface area contributed by atoms with Crippen molar-refractivity contribution >= 4 is 40.1 Å². The monoisotopic (exact) mass is 480 g/mol. The molecular weight excluding hydrogens is 456 g/mol. The molecule has 2 amide bonds. The van der Waals surface area contributed by atoms with Crippen molar-refractivity contribution in [2.45, 2.75) is 0 Å². The number of carbonyl (C=O) groups excluding carboxylic acids is 2. The first-order valence-corrected chi connectivity index (χ1v) is 10.6. The molecule has 0 spiro atoms. The van der Waals surface area contributed by atoms with Gasteiger partial charge in [0.2, 0.25) is 5.91 Å². The number of aromatic nitrogens is 1. The second-order valence-corrected chi connectivity index (χ2v) is 7.29. The van der Waals surface area contributed by atoms with Gasteiger partial charge >= 0.3 is 5.97 Å².